The van der Waals surface area contributed by atoms with E-state index in [2.05, 4.69) is 10.3 Å². The highest BCUT2D eigenvalue weighted by Gasteiger charge is 2.45. The first-order valence-electron chi connectivity index (χ1n) is 7.63. The maximum absolute atomic E-state index is 12.3. The van der Waals surface area contributed by atoms with Gasteiger partial charge in [-0.3, -0.25) is 4.79 Å². The Balaban J connectivity index is 1.60. The van der Waals surface area contributed by atoms with E-state index in [0.29, 0.717) is 11.7 Å². The molecule has 0 unspecified atom stereocenters. The number of rotatable bonds is 5. The zero-order valence-corrected chi connectivity index (χ0v) is 13.9. The fourth-order valence-electron chi connectivity index (χ4n) is 2.80. The van der Waals surface area contributed by atoms with Crippen molar-refractivity contribution in [3.8, 4) is 5.75 Å². The third kappa shape index (κ3) is 3.48. The summed E-state index contributed by atoms with van der Waals surface area (Å²) in [6, 6.07) is 11.6. The van der Waals surface area contributed by atoms with Crippen LogP contribution >= 0.6 is 11.6 Å². The number of aryl methyl sites for hydroxylation is 1. The number of carbonyl (C=O) groups excluding carboxylic acids is 1. The smallest absolute Gasteiger partial charge is 0.224 e. The maximum atomic E-state index is 12.3. The van der Waals surface area contributed by atoms with Crippen molar-refractivity contribution in [2.45, 2.75) is 25.8 Å². The lowest BCUT2D eigenvalue weighted by molar-refractivity contribution is -0.122. The summed E-state index contributed by atoms with van der Waals surface area (Å²) >= 11 is 6.19. The second kappa shape index (κ2) is 6.59. The van der Waals surface area contributed by atoms with Gasteiger partial charge in [-0.1, -0.05) is 35.9 Å². The standard InChI is InChI=1S/C18H19ClN2O2/c1-11-7-8-13(17(19)21-11)14-9-15(14)18(22)20-10-12-5-3-4-6-16(12)23-2/h3-8,14-15H,9-10H2,1-2H3,(H,20,22)/t14-,15+/m0/s1. The number of methoxy groups -OCH3 is 1. The normalized spacial score (nSPS) is 19.3. The van der Waals surface area contributed by atoms with Crippen LogP contribution < -0.4 is 10.1 Å². The summed E-state index contributed by atoms with van der Waals surface area (Å²) < 4.78 is 5.29. The van der Waals surface area contributed by atoms with Crippen LogP contribution in [0.1, 0.15) is 29.2 Å². The largest absolute Gasteiger partial charge is 0.496 e. The van der Waals surface area contributed by atoms with E-state index < -0.39 is 0 Å². The van der Waals surface area contributed by atoms with Crippen LogP contribution in [0.3, 0.4) is 0 Å². The average Bonchev–Trinajstić information content (AvgIpc) is 3.33. The zero-order valence-electron chi connectivity index (χ0n) is 13.2. The summed E-state index contributed by atoms with van der Waals surface area (Å²) in [6.07, 6.45) is 0.822. The summed E-state index contributed by atoms with van der Waals surface area (Å²) in [5.41, 5.74) is 2.82. The van der Waals surface area contributed by atoms with E-state index in [0.717, 1.165) is 29.0 Å². The second-order valence-corrected chi connectivity index (χ2v) is 6.17. The van der Waals surface area contributed by atoms with Crippen LogP contribution in [-0.2, 0) is 11.3 Å². The molecule has 4 nitrogen and oxygen atoms in total. The van der Waals surface area contributed by atoms with Gasteiger partial charge in [-0.05, 0) is 37.0 Å². The molecule has 1 saturated carbocycles. The molecule has 2 aromatic rings. The van der Waals surface area contributed by atoms with Crippen molar-refractivity contribution >= 4 is 17.5 Å². The van der Waals surface area contributed by atoms with Crippen molar-refractivity contribution in [3.63, 3.8) is 0 Å². The van der Waals surface area contributed by atoms with Gasteiger partial charge < -0.3 is 10.1 Å². The predicted octanol–water partition coefficient (Wildman–Crippen LogP) is 3.47. The summed E-state index contributed by atoms with van der Waals surface area (Å²) in [7, 11) is 1.63. The number of ether oxygens (including phenoxy) is 1. The van der Waals surface area contributed by atoms with Gasteiger partial charge in [-0.2, -0.15) is 0 Å². The molecule has 2 atom stereocenters. The lowest BCUT2D eigenvalue weighted by atomic mass is 10.1. The number of hydrogen-bond donors (Lipinski definition) is 1. The van der Waals surface area contributed by atoms with Crippen LogP contribution in [0.25, 0.3) is 0 Å². The molecule has 1 aliphatic carbocycles. The molecule has 3 rings (SSSR count). The first-order chi connectivity index (χ1) is 11.1. The quantitative estimate of drug-likeness (QED) is 0.854. The Labute approximate surface area is 140 Å². The second-order valence-electron chi connectivity index (χ2n) is 5.81. The van der Waals surface area contributed by atoms with E-state index in [1.54, 1.807) is 7.11 Å². The molecule has 1 aromatic carbocycles. The maximum Gasteiger partial charge on any atom is 0.224 e. The Morgan fingerprint density at radius 3 is 2.87 bits per heavy atom. The summed E-state index contributed by atoms with van der Waals surface area (Å²) in [5.74, 6) is 0.989. The van der Waals surface area contributed by atoms with Crippen molar-refractivity contribution in [1.29, 1.82) is 0 Å². The molecule has 5 heteroatoms. The molecule has 1 aromatic heterocycles. The molecular weight excluding hydrogens is 312 g/mol. The summed E-state index contributed by atoms with van der Waals surface area (Å²) in [6.45, 7) is 2.37. The molecule has 120 valence electrons. The first-order valence-corrected chi connectivity index (χ1v) is 8.00. The van der Waals surface area contributed by atoms with E-state index in [1.807, 2.05) is 43.3 Å². The van der Waals surface area contributed by atoms with Gasteiger partial charge in [-0.15, -0.1) is 0 Å². The lowest BCUT2D eigenvalue weighted by Crippen LogP contribution is -2.25. The number of nitrogens with one attached hydrogen (secondary N) is 1. The number of para-hydroxylation sites is 1. The number of hydrogen-bond acceptors (Lipinski definition) is 3. The van der Waals surface area contributed by atoms with Gasteiger partial charge in [-0.25, -0.2) is 4.98 Å². The van der Waals surface area contributed by atoms with E-state index >= 15 is 0 Å². The zero-order chi connectivity index (χ0) is 16.4. The van der Waals surface area contributed by atoms with E-state index in [-0.39, 0.29) is 17.7 Å². The SMILES string of the molecule is COc1ccccc1CNC(=O)[C@@H]1C[C@H]1c1ccc(C)nc1Cl. The van der Waals surface area contributed by atoms with Gasteiger partial charge >= 0.3 is 0 Å². The third-order valence-electron chi connectivity index (χ3n) is 4.19. The van der Waals surface area contributed by atoms with Crippen LogP contribution in [0.4, 0.5) is 0 Å². The fourth-order valence-corrected chi connectivity index (χ4v) is 3.14. The minimum absolute atomic E-state index is 0.0216. The topological polar surface area (TPSA) is 51.2 Å². The van der Waals surface area contributed by atoms with Gasteiger partial charge in [0, 0.05) is 23.7 Å². The highest BCUT2D eigenvalue weighted by Crippen LogP contribution is 2.49. The van der Waals surface area contributed by atoms with E-state index in [1.165, 1.54) is 0 Å². The molecule has 0 saturated heterocycles. The predicted molar refractivity (Wildman–Crippen MR) is 89.7 cm³/mol. The van der Waals surface area contributed by atoms with E-state index in [4.69, 9.17) is 16.3 Å². The minimum Gasteiger partial charge on any atom is -0.496 e. The molecule has 0 radical (unpaired) electrons. The number of carbonyl (C=O) groups is 1. The molecule has 1 aliphatic rings. The molecule has 1 fully saturated rings. The van der Waals surface area contributed by atoms with Gasteiger partial charge in [0.15, 0.2) is 0 Å². The number of amides is 1. The van der Waals surface area contributed by atoms with Gasteiger partial charge in [0.2, 0.25) is 5.91 Å². The van der Waals surface area contributed by atoms with Crippen molar-refractivity contribution < 1.29 is 9.53 Å². The molecular formula is C18H19ClN2O2. The van der Waals surface area contributed by atoms with Crippen LogP contribution in [0.5, 0.6) is 5.75 Å². The van der Waals surface area contributed by atoms with Crippen molar-refractivity contribution in [3.05, 3.63) is 58.4 Å². The Morgan fingerprint density at radius 2 is 2.13 bits per heavy atom. The number of nitrogens with zero attached hydrogens (tertiary/aromatic N) is 1. The fraction of sp³-hybridized carbons (Fsp3) is 0.333. The first kappa shape index (κ1) is 15.8. The molecule has 23 heavy (non-hydrogen) atoms. The third-order valence-corrected chi connectivity index (χ3v) is 4.49. The van der Waals surface area contributed by atoms with Gasteiger partial charge in [0.1, 0.15) is 10.9 Å². The van der Waals surface area contributed by atoms with Crippen molar-refractivity contribution in [1.82, 2.24) is 10.3 Å². The van der Waals surface area contributed by atoms with Gasteiger partial charge in [0.25, 0.3) is 0 Å². The Kier molecular flexibility index (Phi) is 4.53. The highest BCUT2D eigenvalue weighted by molar-refractivity contribution is 6.30. The number of aromatic nitrogens is 1. The molecule has 1 amide bonds. The van der Waals surface area contributed by atoms with Crippen LogP contribution in [0.2, 0.25) is 5.15 Å². The minimum atomic E-state index is -0.0216. The Hall–Kier alpha value is -2.07. The van der Waals surface area contributed by atoms with Gasteiger partial charge in [0.05, 0.1) is 7.11 Å². The molecule has 0 spiro atoms. The van der Waals surface area contributed by atoms with Crippen LogP contribution in [0.15, 0.2) is 36.4 Å². The monoisotopic (exact) mass is 330 g/mol. The Bertz CT molecular complexity index is 733. The molecule has 0 aliphatic heterocycles. The summed E-state index contributed by atoms with van der Waals surface area (Å²) in [5, 5.41) is 3.49. The average molecular weight is 331 g/mol. The number of benzene rings is 1. The Morgan fingerprint density at radius 1 is 1.35 bits per heavy atom. The molecule has 1 N–H and O–H groups in total. The van der Waals surface area contributed by atoms with Crippen molar-refractivity contribution in [2.75, 3.05) is 7.11 Å². The van der Waals surface area contributed by atoms with Crippen LogP contribution in [0, 0.1) is 12.8 Å². The lowest BCUT2D eigenvalue weighted by Gasteiger charge is -2.09. The van der Waals surface area contributed by atoms with Crippen LogP contribution in [-0.4, -0.2) is 18.0 Å². The molecule has 1 heterocycles. The van der Waals surface area contributed by atoms with E-state index in [9.17, 15) is 4.79 Å². The molecule has 0 bridgehead atoms. The number of halogens is 1. The highest BCUT2D eigenvalue weighted by atomic mass is 35.5. The number of pyridine rings is 1. The van der Waals surface area contributed by atoms with Crippen molar-refractivity contribution in [2.24, 2.45) is 5.92 Å². The summed E-state index contributed by atoms with van der Waals surface area (Å²) in [4.78, 5) is 16.6.